The standard InChI is InChI=1S/C69H125N2O7P/c1-7-10-13-16-19-22-25-28-30-31-32-33-34-35-36-37-38-39-40-41-42-43-46-49-52-55-58-61-68(72)70-66(65-77-79(74,75)76-64-63-71(4,5)6)67(60-57-54-51-48-45-27-24-21-18-15-12-9-3)78-69(73)62-59-56-53-50-47-44-29-26-23-20-17-14-11-8-2/h10,13,19,22,28,30,32-33,35-36,38-39,57,60,66-67H,7-9,11-12,14-18,20-21,23-27,29,31,34,37,40-56,58-59,61-65H2,1-6H3,(H-,70,72,74,75)/b13-10-,22-19-,30-28-,33-32-,36-35-,39-38-,60-57-. The number of nitrogens with one attached hydrogen (secondary N) is 1. The summed E-state index contributed by atoms with van der Waals surface area (Å²) in [6.45, 7) is 6.74. The molecule has 0 spiro atoms. The van der Waals surface area contributed by atoms with Crippen molar-refractivity contribution < 1.29 is 37.3 Å². The number of phosphoric ester groups is 1. The first-order valence-electron chi connectivity index (χ1n) is 32.9. The molecule has 0 aliphatic carbocycles. The number of hydrogen-bond acceptors (Lipinski definition) is 7. The van der Waals surface area contributed by atoms with Gasteiger partial charge < -0.3 is 28.5 Å². The normalized spacial score (nSPS) is 14.2. The van der Waals surface area contributed by atoms with Gasteiger partial charge in [0.25, 0.3) is 7.82 Å². The van der Waals surface area contributed by atoms with Crippen molar-refractivity contribution in [2.24, 2.45) is 0 Å². The van der Waals surface area contributed by atoms with E-state index in [0.717, 1.165) is 109 Å². The highest BCUT2D eigenvalue weighted by molar-refractivity contribution is 7.45. The van der Waals surface area contributed by atoms with Crippen molar-refractivity contribution in [2.75, 3.05) is 40.9 Å². The Bertz CT molecular complexity index is 1630. The number of hydrogen-bond donors (Lipinski definition) is 1. The fourth-order valence-corrected chi connectivity index (χ4v) is 10.0. The number of likely N-dealkylation sites (N-methyl/N-ethyl adjacent to an activating group) is 1. The molecule has 3 unspecified atom stereocenters. The van der Waals surface area contributed by atoms with Crippen LogP contribution in [0.1, 0.15) is 290 Å². The van der Waals surface area contributed by atoms with Gasteiger partial charge in [-0.05, 0) is 83.1 Å². The second-order valence-corrected chi connectivity index (χ2v) is 24.7. The lowest BCUT2D eigenvalue weighted by Gasteiger charge is -2.30. The lowest BCUT2D eigenvalue weighted by Crippen LogP contribution is -2.47. The van der Waals surface area contributed by atoms with Crippen LogP contribution in [0.15, 0.2) is 85.1 Å². The zero-order valence-electron chi connectivity index (χ0n) is 52.3. The van der Waals surface area contributed by atoms with Gasteiger partial charge in [0, 0.05) is 12.8 Å². The van der Waals surface area contributed by atoms with E-state index in [2.05, 4.69) is 99.0 Å². The van der Waals surface area contributed by atoms with Crippen LogP contribution in [0.4, 0.5) is 0 Å². The van der Waals surface area contributed by atoms with Gasteiger partial charge in [0.1, 0.15) is 19.3 Å². The first-order valence-corrected chi connectivity index (χ1v) is 34.4. The fraction of sp³-hybridized carbons (Fsp3) is 0.768. The van der Waals surface area contributed by atoms with Crippen molar-refractivity contribution in [3.63, 3.8) is 0 Å². The van der Waals surface area contributed by atoms with Crippen molar-refractivity contribution in [3.8, 4) is 0 Å². The summed E-state index contributed by atoms with van der Waals surface area (Å²) in [5, 5.41) is 3.03. The Morgan fingerprint density at radius 3 is 1.22 bits per heavy atom. The predicted octanol–water partition coefficient (Wildman–Crippen LogP) is 19.9. The molecule has 0 rings (SSSR count). The van der Waals surface area contributed by atoms with Gasteiger partial charge in [0.15, 0.2) is 0 Å². The third-order valence-electron chi connectivity index (χ3n) is 14.3. The lowest BCUT2D eigenvalue weighted by atomic mass is 10.0. The summed E-state index contributed by atoms with van der Waals surface area (Å²) in [5.74, 6) is -0.546. The molecule has 0 aromatic carbocycles. The van der Waals surface area contributed by atoms with E-state index < -0.39 is 26.6 Å². The summed E-state index contributed by atoms with van der Waals surface area (Å²) in [7, 11) is 1.18. The highest BCUT2D eigenvalue weighted by Crippen LogP contribution is 2.38. The van der Waals surface area contributed by atoms with E-state index in [9.17, 15) is 19.0 Å². The summed E-state index contributed by atoms with van der Waals surface area (Å²) in [6.07, 6.45) is 76.9. The number of carbonyl (C=O) groups excluding carboxylic acids is 2. The molecule has 0 aromatic heterocycles. The molecule has 9 nitrogen and oxygen atoms in total. The minimum atomic E-state index is -4.70. The van der Waals surface area contributed by atoms with E-state index in [0.29, 0.717) is 17.4 Å². The number of phosphoric acid groups is 1. The van der Waals surface area contributed by atoms with Crippen molar-refractivity contribution in [1.82, 2.24) is 5.32 Å². The number of amides is 1. The van der Waals surface area contributed by atoms with Crippen molar-refractivity contribution >= 4 is 19.7 Å². The van der Waals surface area contributed by atoms with E-state index in [1.165, 1.54) is 148 Å². The number of nitrogens with zero attached hydrogens (tertiary/aromatic N) is 1. The Morgan fingerprint density at radius 1 is 0.456 bits per heavy atom. The van der Waals surface area contributed by atoms with E-state index in [1.54, 1.807) is 0 Å². The number of esters is 1. The number of unbranched alkanes of at least 4 members (excludes halogenated alkanes) is 31. The molecule has 1 N–H and O–H groups in total. The molecule has 3 atom stereocenters. The number of ether oxygens (including phenoxy) is 1. The average Bonchev–Trinajstić information content (AvgIpc) is 3.41. The molecule has 1 amide bonds. The summed E-state index contributed by atoms with van der Waals surface area (Å²) >= 11 is 0. The van der Waals surface area contributed by atoms with Crippen LogP contribution >= 0.6 is 7.82 Å². The Morgan fingerprint density at radius 2 is 0.810 bits per heavy atom. The van der Waals surface area contributed by atoms with Crippen LogP contribution in [-0.4, -0.2) is 69.4 Å². The van der Waals surface area contributed by atoms with Gasteiger partial charge in [0.05, 0.1) is 33.8 Å². The maximum absolute atomic E-state index is 13.6. The molecule has 10 heteroatoms. The monoisotopic (exact) mass is 1120 g/mol. The molecule has 0 aliphatic heterocycles. The van der Waals surface area contributed by atoms with E-state index in [-0.39, 0.29) is 24.9 Å². The summed E-state index contributed by atoms with van der Waals surface area (Å²) in [4.78, 5) is 40.0. The van der Waals surface area contributed by atoms with Gasteiger partial charge in [-0.15, -0.1) is 0 Å². The maximum atomic E-state index is 13.6. The maximum Gasteiger partial charge on any atom is 0.306 e. The summed E-state index contributed by atoms with van der Waals surface area (Å²) in [6, 6.07) is -0.895. The van der Waals surface area contributed by atoms with Gasteiger partial charge in [-0.3, -0.25) is 14.2 Å². The minimum absolute atomic E-state index is 0.0258. The first-order chi connectivity index (χ1) is 38.4. The molecule has 458 valence electrons. The number of allylic oxidation sites excluding steroid dienone is 13. The van der Waals surface area contributed by atoms with Crippen LogP contribution in [0.2, 0.25) is 0 Å². The third kappa shape index (κ3) is 59.6. The quantitative estimate of drug-likeness (QED) is 0.0212. The number of carbonyl (C=O) groups is 2. The van der Waals surface area contributed by atoms with Gasteiger partial charge in [-0.2, -0.15) is 0 Å². The fourth-order valence-electron chi connectivity index (χ4n) is 9.29. The van der Waals surface area contributed by atoms with Gasteiger partial charge in [-0.1, -0.05) is 280 Å². The highest BCUT2D eigenvalue weighted by Gasteiger charge is 2.27. The smallest absolute Gasteiger partial charge is 0.306 e. The number of quaternary nitrogens is 1. The first kappa shape index (κ1) is 76.2. The van der Waals surface area contributed by atoms with Crippen molar-refractivity contribution in [3.05, 3.63) is 85.1 Å². The Kier molecular flexibility index (Phi) is 56.3. The SMILES string of the molecule is CC/C=C\C/C=C\C/C=C\C/C=C\C/C=C\C/C=C\CCCCCCCCCCC(=O)NC(COP(=O)([O-])OCC[N+](C)(C)C)C(/C=C\CCCCCCCCCCCC)OC(=O)CCCCCCCCCCCCCCCC. The zero-order chi connectivity index (χ0) is 57.9. The molecule has 0 saturated heterocycles. The largest absolute Gasteiger partial charge is 0.756 e. The molecular formula is C69H125N2O7P. The van der Waals surface area contributed by atoms with E-state index in [4.69, 9.17) is 13.8 Å². The predicted molar refractivity (Wildman–Crippen MR) is 339 cm³/mol. The molecule has 0 fully saturated rings. The van der Waals surface area contributed by atoms with E-state index >= 15 is 0 Å². The topological polar surface area (TPSA) is 114 Å². The van der Waals surface area contributed by atoms with Gasteiger partial charge in [0.2, 0.25) is 5.91 Å². The Labute approximate surface area is 488 Å². The van der Waals surface area contributed by atoms with Crippen LogP contribution in [0.5, 0.6) is 0 Å². The molecule has 0 aromatic rings. The molecule has 79 heavy (non-hydrogen) atoms. The van der Waals surface area contributed by atoms with Crippen LogP contribution < -0.4 is 10.2 Å². The van der Waals surface area contributed by atoms with Gasteiger partial charge in [-0.25, -0.2) is 0 Å². The van der Waals surface area contributed by atoms with Crippen molar-refractivity contribution in [1.29, 1.82) is 0 Å². The van der Waals surface area contributed by atoms with Crippen LogP contribution in [0.3, 0.4) is 0 Å². The zero-order valence-corrected chi connectivity index (χ0v) is 53.2. The summed E-state index contributed by atoms with van der Waals surface area (Å²) in [5.41, 5.74) is 0. The van der Waals surface area contributed by atoms with Crippen LogP contribution in [-0.2, 0) is 27.9 Å². The molecule has 0 radical (unpaired) electrons. The molecule has 0 aliphatic rings. The minimum Gasteiger partial charge on any atom is -0.756 e. The Balaban J connectivity index is 5.11. The van der Waals surface area contributed by atoms with Crippen molar-refractivity contribution in [2.45, 2.75) is 303 Å². The Hall–Kier alpha value is -2.81. The second kappa shape index (κ2) is 58.4. The average molecular weight is 1130 g/mol. The second-order valence-electron chi connectivity index (χ2n) is 23.2. The number of rotatable bonds is 59. The molecular weight excluding hydrogens is 1000 g/mol. The van der Waals surface area contributed by atoms with E-state index in [1.807, 2.05) is 33.3 Å². The van der Waals surface area contributed by atoms with Crippen LogP contribution in [0.25, 0.3) is 0 Å². The molecule has 0 bridgehead atoms. The van der Waals surface area contributed by atoms with Crippen LogP contribution in [0, 0.1) is 0 Å². The highest BCUT2D eigenvalue weighted by atomic mass is 31.2. The molecule has 0 heterocycles. The third-order valence-corrected chi connectivity index (χ3v) is 15.3. The lowest BCUT2D eigenvalue weighted by molar-refractivity contribution is -0.870. The van der Waals surface area contributed by atoms with Gasteiger partial charge >= 0.3 is 5.97 Å². The summed E-state index contributed by atoms with van der Waals surface area (Å²) < 4.78 is 30.3. The molecule has 0 saturated carbocycles.